The Balaban J connectivity index is 1.75. The number of anilines is 3. The molecular weight excluding hydrogens is 340 g/mol. The first kappa shape index (κ1) is 18.5. The largest absolute Gasteiger partial charge is 0.378 e. The van der Waals surface area contributed by atoms with Crippen molar-refractivity contribution in [2.75, 3.05) is 41.8 Å². The van der Waals surface area contributed by atoms with E-state index in [1.54, 1.807) is 0 Å². The summed E-state index contributed by atoms with van der Waals surface area (Å²) < 4.78 is 5.40. The molecule has 3 rings (SSSR count). The zero-order valence-electron chi connectivity index (χ0n) is 15.2. The first-order valence-corrected chi connectivity index (χ1v) is 8.84. The molecule has 0 radical (unpaired) electrons. The van der Waals surface area contributed by atoms with E-state index in [9.17, 15) is 10.1 Å². The summed E-state index contributed by atoms with van der Waals surface area (Å²) in [4.78, 5) is 14.7. The maximum Gasteiger partial charge on any atom is 0.267 e. The Morgan fingerprint density at radius 1 is 1.11 bits per heavy atom. The molecule has 27 heavy (non-hydrogen) atoms. The Kier molecular flexibility index (Phi) is 6.08. The number of carbonyl (C=O) groups is 1. The molecule has 2 aromatic rings. The van der Waals surface area contributed by atoms with Crippen molar-refractivity contribution in [2.24, 2.45) is 0 Å². The molecule has 1 saturated heterocycles. The van der Waals surface area contributed by atoms with Gasteiger partial charge in [-0.1, -0.05) is 30.3 Å². The number of amides is 1. The SMILES string of the molecule is Cc1ccccc1NC(=O)/C(C#N)=C\Nc1ccccc1N1CCOCC1. The molecule has 138 valence electrons. The van der Waals surface area contributed by atoms with Crippen LogP contribution in [0.4, 0.5) is 17.1 Å². The summed E-state index contributed by atoms with van der Waals surface area (Å²) in [6, 6.07) is 17.2. The van der Waals surface area contributed by atoms with E-state index in [-0.39, 0.29) is 5.57 Å². The van der Waals surface area contributed by atoms with Crippen molar-refractivity contribution < 1.29 is 9.53 Å². The van der Waals surface area contributed by atoms with Crippen LogP contribution < -0.4 is 15.5 Å². The third kappa shape index (κ3) is 4.66. The predicted molar refractivity (Wildman–Crippen MR) is 107 cm³/mol. The molecule has 0 aliphatic carbocycles. The average molecular weight is 362 g/mol. The Hall–Kier alpha value is -3.30. The van der Waals surface area contributed by atoms with Crippen LogP contribution in [0.25, 0.3) is 0 Å². The van der Waals surface area contributed by atoms with Gasteiger partial charge in [-0.2, -0.15) is 5.26 Å². The van der Waals surface area contributed by atoms with Crippen molar-refractivity contribution in [3.63, 3.8) is 0 Å². The summed E-state index contributed by atoms with van der Waals surface area (Å²) >= 11 is 0. The maximum absolute atomic E-state index is 12.4. The number of nitrogens with zero attached hydrogens (tertiary/aromatic N) is 2. The summed E-state index contributed by atoms with van der Waals surface area (Å²) in [5.74, 6) is -0.442. The molecule has 1 amide bonds. The van der Waals surface area contributed by atoms with Crippen LogP contribution in [-0.4, -0.2) is 32.2 Å². The fraction of sp³-hybridized carbons (Fsp3) is 0.238. The van der Waals surface area contributed by atoms with E-state index in [2.05, 4.69) is 15.5 Å². The number of hydrogen-bond donors (Lipinski definition) is 2. The van der Waals surface area contributed by atoms with Gasteiger partial charge in [0.2, 0.25) is 0 Å². The quantitative estimate of drug-likeness (QED) is 0.630. The van der Waals surface area contributed by atoms with Crippen molar-refractivity contribution in [3.05, 3.63) is 65.9 Å². The van der Waals surface area contributed by atoms with E-state index < -0.39 is 5.91 Å². The molecule has 1 fully saturated rings. The lowest BCUT2D eigenvalue weighted by molar-refractivity contribution is -0.112. The number of carbonyl (C=O) groups excluding carboxylic acids is 1. The number of aryl methyl sites for hydroxylation is 1. The maximum atomic E-state index is 12.4. The van der Waals surface area contributed by atoms with Crippen molar-refractivity contribution >= 4 is 23.0 Å². The molecule has 0 aromatic heterocycles. The zero-order chi connectivity index (χ0) is 19.1. The molecule has 6 nitrogen and oxygen atoms in total. The Labute approximate surface area is 159 Å². The van der Waals surface area contributed by atoms with E-state index in [4.69, 9.17) is 4.74 Å². The van der Waals surface area contributed by atoms with Crippen LogP contribution in [0.5, 0.6) is 0 Å². The summed E-state index contributed by atoms with van der Waals surface area (Å²) in [7, 11) is 0. The number of nitrogens with one attached hydrogen (secondary N) is 2. The first-order valence-electron chi connectivity index (χ1n) is 8.84. The average Bonchev–Trinajstić information content (AvgIpc) is 2.71. The van der Waals surface area contributed by atoms with Crippen molar-refractivity contribution in [3.8, 4) is 6.07 Å². The van der Waals surface area contributed by atoms with Gasteiger partial charge < -0.3 is 20.3 Å². The van der Waals surface area contributed by atoms with Gasteiger partial charge in [-0.15, -0.1) is 0 Å². The van der Waals surface area contributed by atoms with Crippen LogP contribution in [0.1, 0.15) is 5.56 Å². The van der Waals surface area contributed by atoms with Gasteiger partial charge in [0.1, 0.15) is 11.6 Å². The second kappa shape index (κ2) is 8.88. The van der Waals surface area contributed by atoms with Crippen LogP contribution in [0, 0.1) is 18.3 Å². The van der Waals surface area contributed by atoms with E-state index in [0.29, 0.717) is 18.9 Å². The lowest BCUT2D eigenvalue weighted by atomic mass is 10.2. The number of nitriles is 1. The molecule has 1 aliphatic heterocycles. The minimum absolute atomic E-state index is 0.00929. The Bertz CT molecular complexity index is 880. The molecule has 0 unspecified atom stereocenters. The third-order valence-corrected chi connectivity index (χ3v) is 4.39. The molecule has 0 atom stereocenters. The molecule has 1 heterocycles. The fourth-order valence-electron chi connectivity index (χ4n) is 2.88. The van der Waals surface area contributed by atoms with Crippen LogP contribution in [-0.2, 0) is 9.53 Å². The minimum atomic E-state index is -0.442. The van der Waals surface area contributed by atoms with Gasteiger partial charge in [-0.3, -0.25) is 4.79 Å². The van der Waals surface area contributed by atoms with Gasteiger partial charge in [0.15, 0.2) is 0 Å². The van der Waals surface area contributed by atoms with Gasteiger partial charge in [0, 0.05) is 25.0 Å². The lowest BCUT2D eigenvalue weighted by Gasteiger charge is -2.30. The highest BCUT2D eigenvalue weighted by molar-refractivity contribution is 6.07. The fourth-order valence-corrected chi connectivity index (χ4v) is 2.88. The van der Waals surface area contributed by atoms with E-state index in [0.717, 1.165) is 30.0 Å². The topological polar surface area (TPSA) is 77.4 Å². The van der Waals surface area contributed by atoms with Gasteiger partial charge in [0.25, 0.3) is 5.91 Å². The van der Waals surface area contributed by atoms with Gasteiger partial charge >= 0.3 is 0 Å². The summed E-state index contributed by atoms with van der Waals surface area (Å²) in [6.45, 7) is 4.89. The van der Waals surface area contributed by atoms with Gasteiger partial charge in [0.05, 0.1) is 24.6 Å². The molecule has 0 saturated carbocycles. The molecule has 0 spiro atoms. The van der Waals surface area contributed by atoms with E-state index in [1.165, 1.54) is 6.20 Å². The van der Waals surface area contributed by atoms with Crippen molar-refractivity contribution in [1.29, 1.82) is 5.26 Å². The Morgan fingerprint density at radius 2 is 1.78 bits per heavy atom. The number of hydrogen-bond acceptors (Lipinski definition) is 5. The number of rotatable bonds is 5. The Morgan fingerprint density at radius 3 is 2.48 bits per heavy atom. The molecule has 0 bridgehead atoms. The summed E-state index contributed by atoms with van der Waals surface area (Å²) in [5, 5.41) is 15.3. The predicted octanol–water partition coefficient (Wildman–Crippen LogP) is 3.29. The molecular formula is C21H22N4O2. The monoisotopic (exact) mass is 362 g/mol. The number of morpholine rings is 1. The second-order valence-electron chi connectivity index (χ2n) is 6.20. The standard InChI is InChI=1S/C21H22N4O2/c1-16-6-2-3-7-18(16)24-21(26)17(14-22)15-23-19-8-4-5-9-20(19)25-10-12-27-13-11-25/h2-9,15,23H,10-13H2,1H3,(H,24,26)/b17-15-. The molecule has 2 aromatic carbocycles. The molecule has 2 N–H and O–H groups in total. The highest BCUT2D eigenvalue weighted by Gasteiger charge is 2.15. The lowest BCUT2D eigenvalue weighted by Crippen LogP contribution is -2.36. The van der Waals surface area contributed by atoms with Crippen LogP contribution in [0.15, 0.2) is 60.3 Å². The van der Waals surface area contributed by atoms with Gasteiger partial charge in [-0.25, -0.2) is 0 Å². The van der Waals surface area contributed by atoms with Crippen molar-refractivity contribution in [1.82, 2.24) is 0 Å². The number of para-hydroxylation sites is 3. The van der Waals surface area contributed by atoms with E-state index in [1.807, 2.05) is 61.5 Å². The second-order valence-corrected chi connectivity index (χ2v) is 6.20. The van der Waals surface area contributed by atoms with Crippen LogP contribution in [0.3, 0.4) is 0 Å². The smallest absolute Gasteiger partial charge is 0.267 e. The summed E-state index contributed by atoms with van der Waals surface area (Å²) in [5.41, 5.74) is 3.51. The van der Waals surface area contributed by atoms with Crippen LogP contribution >= 0.6 is 0 Å². The number of benzene rings is 2. The molecule has 1 aliphatic rings. The van der Waals surface area contributed by atoms with Gasteiger partial charge in [-0.05, 0) is 30.7 Å². The van der Waals surface area contributed by atoms with Crippen molar-refractivity contribution in [2.45, 2.75) is 6.92 Å². The highest BCUT2D eigenvalue weighted by Crippen LogP contribution is 2.26. The third-order valence-electron chi connectivity index (χ3n) is 4.39. The normalized spacial score (nSPS) is 14.4. The zero-order valence-corrected chi connectivity index (χ0v) is 15.2. The first-order chi connectivity index (χ1) is 13.2. The van der Waals surface area contributed by atoms with E-state index >= 15 is 0 Å². The minimum Gasteiger partial charge on any atom is -0.378 e. The van der Waals surface area contributed by atoms with Crippen LogP contribution in [0.2, 0.25) is 0 Å². The number of ether oxygens (including phenoxy) is 1. The molecule has 6 heteroatoms. The summed E-state index contributed by atoms with van der Waals surface area (Å²) in [6.07, 6.45) is 1.45. The highest BCUT2D eigenvalue weighted by atomic mass is 16.5.